The van der Waals surface area contributed by atoms with E-state index in [4.69, 9.17) is 67.5 Å². The molecule has 0 amide bonds. The maximum absolute atomic E-state index is 6.83. The van der Waals surface area contributed by atoms with Crippen molar-refractivity contribution in [3.8, 4) is 190 Å². The molecule has 12 aromatic carbocycles. The molecule has 0 spiro atoms. The minimum Gasteiger partial charge on any atom is -0.486 e. The molecule has 14 heterocycles. The van der Waals surface area contributed by atoms with Crippen LogP contribution in [-0.2, 0) is 40.2 Å². The van der Waals surface area contributed by atoms with Gasteiger partial charge in [-0.15, -0.1) is 59.9 Å². The Morgan fingerprint density at radius 2 is 0.408 bits per heavy atom. The summed E-state index contributed by atoms with van der Waals surface area (Å²) in [6.07, 6.45) is 11.0. The van der Waals surface area contributed by atoms with Gasteiger partial charge in [0.15, 0.2) is 0 Å². The molecule has 0 saturated carbocycles. The molecular formula is C126H74Ir2N10O4. The second kappa shape index (κ2) is 36.2. The predicted molar refractivity (Wildman–Crippen MR) is 558 cm³/mol. The van der Waals surface area contributed by atoms with E-state index in [2.05, 4.69) is 267 Å². The van der Waals surface area contributed by atoms with Gasteiger partial charge in [0.05, 0.1) is 22.3 Å². The summed E-state index contributed by atoms with van der Waals surface area (Å²) in [5, 5.41) is 7.24. The molecule has 0 aliphatic rings. The largest absolute Gasteiger partial charge is 3.00 e. The van der Waals surface area contributed by atoms with E-state index in [1.165, 1.54) is 0 Å². The molecule has 0 aliphatic heterocycles. The first-order chi connectivity index (χ1) is 69.0. The van der Waals surface area contributed by atoms with Gasteiger partial charge in [-0.25, -0.2) is 32.1 Å². The minimum atomic E-state index is 0. The van der Waals surface area contributed by atoms with Crippen molar-refractivity contribution in [2.75, 3.05) is 0 Å². The maximum Gasteiger partial charge on any atom is 3.00 e. The second-order valence-corrected chi connectivity index (χ2v) is 35.2. The van der Waals surface area contributed by atoms with Crippen LogP contribution in [-0.4, -0.2) is 49.8 Å². The van der Waals surface area contributed by atoms with Crippen molar-refractivity contribution in [1.29, 1.82) is 0 Å². The average Bonchev–Trinajstić information content (AvgIpc) is 1.56. The van der Waals surface area contributed by atoms with Gasteiger partial charge in [0, 0.05) is 69.1 Å². The van der Waals surface area contributed by atoms with Crippen LogP contribution in [0, 0.1) is 64.1 Å². The Labute approximate surface area is 843 Å². The number of aryl methyl sites for hydroxylation is 4. The Hall–Kier alpha value is -17.4. The Morgan fingerprint density at radius 3 is 0.620 bits per heavy atom. The average molecular weight is 2180 g/mol. The topological polar surface area (TPSA) is 181 Å². The predicted octanol–water partition coefficient (Wildman–Crippen LogP) is 31.6. The number of hydrogen-bond donors (Lipinski definition) is 0. The summed E-state index contributed by atoms with van der Waals surface area (Å²) in [5.74, 6) is 0. The number of furan rings is 4. The van der Waals surface area contributed by atoms with Crippen LogP contribution in [0.3, 0.4) is 0 Å². The van der Waals surface area contributed by atoms with Crippen molar-refractivity contribution in [3.63, 3.8) is 0 Å². The van der Waals surface area contributed by atoms with Gasteiger partial charge >= 0.3 is 40.2 Å². The van der Waals surface area contributed by atoms with Crippen molar-refractivity contribution in [1.82, 2.24) is 49.8 Å². The molecular weight excluding hydrogens is 2100 g/mol. The van der Waals surface area contributed by atoms with Gasteiger partial charge in [-0.05, 0) is 260 Å². The fraction of sp³-hybridized carbons (Fsp3) is 0.0317. The molecule has 142 heavy (non-hydrogen) atoms. The van der Waals surface area contributed by atoms with E-state index < -0.39 is 0 Å². The molecule has 0 N–H and O–H groups in total. The maximum atomic E-state index is 6.83. The third-order valence-corrected chi connectivity index (χ3v) is 26.6. The van der Waals surface area contributed by atoms with Crippen molar-refractivity contribution >= 4 is 88.3 Å². The molecule has 0 saturated heterocycles. The van der Waals surface area contributed by atoms with Crippen molar-refractivity contribution in [2.45, 2.75) is 27.7 Å². The van der Waals surface area contributed by atoms with Gasteiger partial charge in [-0.2, -0.15) is 12.1 Å². The molecule has 0 unspecified atom stereocenters. The molecule has 26 aromatic rings. The summed E-state index contributed by atoms with van der Waals surface area (Å²) in [4.78, 5) is 49.4. The molecule has 0 radical (unpaired) electrons. The summed E-state index contributed by atoms with van der Waals surface area (Å²) in [6.45, 7) is 7.93. The minimum absolute atomic E-state index is 0. The number of aromatic nitrogens is 10. The summed E-state index contributed by atoms with van der Waals surface area (Å²) in [6, 6.07) is 140. The first-order valence-corrected chi connectivity index (χ1v) is 46.3. The number of hydrogen-bond acceptors (Lipinski definition) is 14. The van der Waals surface area contributed by atoms with Crippen LogP contribution < -0.4 is 0 Å². The first-order valence-electron chi connectivity index (χ1n) is 46.3. The summed E-state index contributed by atoms with van der Waals surface area (Å²) in [5.41, 5.74) is 38.3. The molecule has 14 aromatic heterocycles. The van der Waals surface area contributed by atoms with E-state index >= 15 is 0 Å². The Balaban J connectivity index is 0.00000544. The molecule has 0 aliphatic carbocycles. The van der Waals surface area contributed by atoms with Crippen molar-refractivity contribution in [2.24, 2.45) is 0 Å². The van der Waals surface area contributed by atoms with Crippen LogP contribution >= 0.6 is 0 Å². The zero-order valence-corrected chi connectivity index (χ0v) is 81.4. The summed E-state index contributed by atoms with van der Waals surface area (Å²) < 4.78 is 27.3. The second-order valence-electron chi connectivity index (χ2n) is 35.2. The summed E-state index contributed by atoms with van der Waals surface area (Å²) >= 11 is 0. The summed E-state index contributed by atoms with van der Waals surface area (Å²) in [7, 11) is 0. The first kappa shape index (κ1) is 87.4. The van der Waals surface area contributed by atoms with E-state index in [1.54, 1.807) is 24.8 Å². The standard InChI is InChI=1S/C126H74N10O4.2Ir/c1-73-41-47-105-115-97(51-55-101(109-37-17-21-61-127-109)119(115)137-123(105)133-73)93-33-13-9-29-89(93)81-65-79(66-82(69-81)90-30-10-14-34-94(90)98-52-56-102(110-38-18-22-62-128-110)120-116(98)106-48-42-74(2)134-124(106)138-120)87-27-7-5-25-85(87)77-45-59-113(131-71-77)114-60-46-78(72-132-114)86-26-6-8-28-88(86)80-67-83(91-31-11-15-35-95(91)99-53-57-103(111-39-19-23-63-129-111)121-117(99)107-49-43-75(3)135-125(107)139-121)70-84(68-80)92-32-12-16-36-96(92)100-54-58-104(112-40-20-24-64-130-112)122-118(100)108-50-44-76(4)136-126(108)140-122;;/h5-54,61-72H,1-4H3;;/q-6;2*+3. The fourth-order valence-electron chi connectivity index (χ4n) is 20.1. The van der Waals surface area contributed by atoms with Crippen molar-refractivity contribution in [3.05, 3.63) is 436 Å². The Bertz CT molecular complexity index is 8500. The molecule has 670 valence electrons. The van der Waals surface area contributed by atoms with Gasteiger partial charge in [-0.3, -0.25) is 0 Å². The van der Waals surface area contributed by atoms with Crippen LogP contribution in [0.4, 0.5) is 0 Å². The number of pyridine rings is 10. The number of fused-ring (bicyclic) bond motifs is 12. The fourth-order valence-corrected chi connectivity index (χ4v) is 20.1. The third-order valence-electron chi connectivity index (χ3n) is 26.6. The molecule has 26 rings (SSSR count). The van der Waals surface area contributed by atoms with Crippen LogP contribution in [0.25, 0.3) is 278 Å². The molecule has 16 heteroatoms. The van der Waals surface area contributed by atoms with Crippen LogP contribution in [0.5, 0.6) is 0 Å². The Kier molecular flexibility index (Phi) is 22.3. The third kappa shape index (κ3) is 15.3. The van der Waals surface area contributed by atoms with Gasteiger partial charge in [0.25, 0.3) is 0 Å². The molecule has 0 bridgehead atoms. The van der Waals surface area contributed by atoms with E-state index in [9.17, 15) is 0 Å². The van der Waals surface area contributed by atoms with E-state index in [-0.39, 0.29) is 40.2 Å². The Morgan fingerprint density at radius 1 is 0.197 bits per heavy atom. The molecule has 0 atom stereocenters. The van der Waals surface area contributed by atoms with Gasteiger partial charge in [0.2, 0.25) is 22.9 Å². The van der Waals surface area contributed by atoms with Gasteiger partial charge in [0.1, 0.15) is 0 Å². The SMILES string of the molecule is Cc1ccc2c(n1)oc1c(-c3ccccn3)[c-]cc(-c3ccccc3-c3cc(-c4ccccc4-c4c[c-]c(-c5[c-]cc(-c6ccccc6-c6cc(-c7ccccc7-c7c[c-]c(-c8ccccn8)c8oc9nc(C)ccc9c78)cc(-c7ccccc7-c7c[c-]c(-c8ccccn8)c8oc9nc(C)ccc9c78)c6)cn5)nc4)cc(-c4ccccc4-c4c[c-]c(-c5ccccn5)c5oc6nc(C)ccc6c45)c3)c12.[Ir+3].[Ir+3]. The van der Waals surface area contributed by atoms with Crippen LogP contribution in [0.1, 0.15) is 22.8 Å². The van der Waals surface area contributed by atoms with Crippen molar-refractivity contribution < 1.29 is 57.9 Å². The normalized spacial score (nSPS) is 11.5. The zero-order valence-electron chi connectivity index (χ0n) is 76.6. The van der Waals surface area contributed by atoms with Gasteiger partial charge in [-0.1, -0.05) is 283 Å². The molecule has 14 nitrogen and oxygen atoms in total. The van der Waals surface area contributed by atoms with Gasteiger partial charge < -0.3 is 47.6 Å². The molecule has 0 fully saturated rings. The monoisotopic (exact) mass is 2180 g/mol. The number of nitrogens with zero attached hydrogens (tertiary/aromatic N) is 10. The van der Waals surface area contributed by atoms with Crippen LogP contribution in [0.15, 0.2) is 395 Å². The quantitative estimate of drug-likeness (QED) is 0.0785. The van der Waals surface area contributed by atoms with E-state index in [1.807, 2.05) is 149 Å². The number of benzene rings is 12. The smallest absolute Gasteiger partial charge is 0.486 e. The number of rotatable bonds is 17. The zero-order chi connectivity index (χ0) is 93.2. The van der Waals surface area contributed by atoms with E-state index in [0.717, 1.165) is 244 Å². The van der Waals surface area contributed by atoms with E-state index in [0.29, 0.717) is 56.6 Å². The van der Waals surface area contributed by atoms with Crippen LogP contribution in [0.2, 0.25) is 0 Å².